The second kappa shape index (κ2) is 10.1. The molecule has 1 aliphatic carbocycles. The van der Waals surface area contributed by atoms with Gasteiger partial charge in [0.2, 0.25) is 11.8 Å². The van der Waals surface area contributed by atoms with Crippen LogP contribution in [0.1, 0.15) is 31.7 Å². The number of nitrogens with one attached hydrogen (secondary N) is 1. The second-order valence-electron chi connectivity index (χ2n) is 8.05. The molecule has 0 radical (unpaired) electrons. The van der Waals surface area contributed by atoms with E-state index in [4.69, 9.17) is 23.2 Å². The number of rotatable bonds is 8. The fraction of sp³-hybridized carbons (Fsp3) is 0.619. The van der Waals surface area contributed by atoms with E-state index in [0.29, 0.717) is 22.9 Å². The molecule has 6 nitrogen and oxygen atoms in total. The van der Waals surface area contributed by atoms with Crippen LogP contribution in [0.2, 0.25) is 10.0 Å². The van der Waals surface area contributed by atoms with Crippen LogP contribution in [0, 0.1) is 5.92 Å². The summed E-state index contributed by atoms with van der Waals surface area (Å²) in [5, 5.41) is 14.8. The highest BCUT2D eigenvalue weighted by Gasteiger charge is 2.33. The number of hydrogen-bond donors (Lipinski definition) is 2. The Hall–Kier alpha value is -1.34. The van der Waals surface area contributed by atoms with Crippen LogP contribution in [0.3, 0.4) is 0 Å². The molecule has 2 atom stereocenters. The summed E-state index contributed by atoms with van der Waals surface area (Å²) < 4.78 is 0. The lowest BCUT2D eigenvalue weighted by molar-refractivity contribution is -0.130. The Kier molecular flexibility index (Phi) is 7.79. The third-order valence-electron chi connectivity index (χ3n) is 5.74. The lowest BCUT2D eigenvalue weighted by Crippen LogP contribution is -2.50. The molecule has 0 aromatic heterocycles. The van der Waals surface area contributed by atoms with Crippen LogP contribution in [-0.2, 0) is 16.0 Å². The number of piperazine rings is 1. The third kappa shape index (κ3) is 6.57. The maximum Gasteiger partial charge on any atom is 0.223 e. The summed E-state index contributed by atoms with van der Waals surface area (Å²) in [6, 6.07) is 5.02. The van der Waals surface area contributed by atoms with E-state index in [0.717, 1.165) is 51.1 Å². The summed E-state index contributed by atoms with van der Waals surface area (Å²) in [6.07, 6.45) is 2.22. The standard InChI is InChI=1S/C21H29Cl2N3O3/c1-14(27)26-10-8-25(9-11-26)7-6-20(28)19(24-21(29)16-3-4-16)13-15-2-5-17(22)18(23)12-15/h2,5,12,16,19-20,28H,3-4,6-11,13H2,1H3,(H,24,29)/t19-,20?/m0/s1. The van der Waals surface area contributed by atoms with Crippen molar-refractivity contribution in [2.75, 3.05) is 32.7 Å². The summed E-state index contributed by atoms with van der Waals surface area (Å²) in [7, 11) is 0. The van der Waals surface area contributed by atoms with Gasteiger partial charge < -0.3 is 15.3 Å². The van der Waals surface area contributed by atoms with Crippen LogP contribution in [0.25, 0.3) is 0 Å². The van der Waals surface area contributed by atoms with Crippen molar-refractivity contribution < 1.29 is 14.7 Å². The van der Waals surface area contributed by atoms with Crippen molar-refractivity contribution in [3.8, 4) is 0 Å². The van der Waals surface area contributed by atoms with Gasteiger partial charge in [0, 0.05) is 45.6 Å². The van der Waals surface area contributed by atoms with Crippen molar-refractivity contribution >= 4 is 35.0 Å². The molecule has 2 N–H and O–H groups in total. The molecule has 2 amide bonds. The average Bonchev–Trinajstić information content (AvgIpc) is 3.54. The van der Waals surface area contributed by atoms with Crippen LogP contribution in [0.5, 0.6) is 0 Å². The van der Waals surface area contributed by atoms with Crippen molar-refractivity contribution in [2.24, 2.45) is 5.92 Å². The number of carbonyl (C=O) groups is 2. The van der Waals surface area contributed by atoms with Crippen molar-refractivity contribution in [2.45, 2.75) is 44.8 Å². The average molecular weight is 442 g/mol. The molecule has 1 heterocycles. The van der Waals surface area contributed by atoms with E-state index in [-0.39, 0.29) is 23.8 Å². The second-order valence-corrected chi connectivity index (χ2v) is 8.86. The molecular weight excluding hydrogens is 413 g/mol. The zero-order chi connectivity index (χ0) is 21.0. The Balaban J connectivity index is 1.56. The summed E-state index contributed by atoms with van der Waals surface area (Å²) in [5.41, 5.74) is 0.926. The summed E-state index contributed by atoms with van der Waals surface area (Å²) in [6.45, 7) is 5.36. The van der Waals surface area contributed by atoms with Gasteiger partial charge in [0.15, 0.2) is 0 Å². The molecule has 1 aliphatic heterocycles. The Morgan fingerprint density at radius 2 is 1.86 bits per heavy atom. The normalized spacial score (nSPS) is 19.7. The topological polar surface area (TPSA) is 72.9 Å². The van der Waals surface area contributed by atoms with Crippen molar-refractivity contribution in [3.05, 3.63) is 33.8 Å². The first-order valence-corrected chi connectivity index (χ1v) is 11.0. The molecular formula is C21H29Cl2N3O3. The van der Waals surface area contributed by atoms with E-state index < -0.39 is 6.10 Å². The predicted molar refractivity (Wildman–Crippen MR) is 114 cm³/mol. The minimum atomic E-state index is -0.669. The Labute approximate surface area is 182 Å². The molecule has 2 aliphatic rings. The van der Waals surface area contributed by atoms with E-state index in [1.165, 1.54) is 0 Å². The zero-order valence-electron chi connectivity index (χ0n) is 16.7. The Bertz CT molecular complexity index is 734. The van der Waals surface area contributed by atoms with Crippen LogP contribution in [0.15, 0.2) is 18.2 Å². The molecule has 1 saturated heterocycles. The molecule has 1 aromatic rings. The van der Waals surface area contributed by atoms with Gasteiger partial charge in [-0.15, -0.1) is 0 Å². The number of halogens is 2. The van der Waals surface area contributed by atoms with E-state index in [1.807, 2.05) is 11.0 Å². The number of amides is 2. The van der Waals surface area contributed by atoms with E-state index in [2.05, 4.69) is 10.2 Å². The Morgan fingerprint density at radius 3 is 2.45 bits per heavy atom. The molecule has 8 heteroatoms. The largest absolute Gasteiger partial charge is 0.391 e. The summed E-state index contributed by atoms with van der Waals surface area (Å²) in [4.78, 5) is 27.9. The van der Waals surface area contributed by atoms with Gasteiger partial charge in [-0.25, -0.2) is 0 Å². The lowest BCUT2D eigenvalue weighted by atomic mass is 9.98. The fourth-order valence-electron chi connectivity index (χ4n) is 3.65. The van der Waals surface area contributed by atoms with Crippen molar-refractivity contribution in [3.63, 3.8) is 0 Å². The van der Waals surface area contributed by atoms with Crippen LogP contribution in [-0.4, -0.2) is 71.6 Å². The van der Waals surface area contributed by atoms with E-state index in [9.17, 15) is 14.7 Å². The van der Waals surface area contributed by atoms with Gasteiger partial charge in [0.25, 0.3) is 0 Å². The third-order valence-corrected chi connectivity index (χ3v) is 6.48. The molecule has 0 bridgehead atoms. The van der Waals surface area contributed by atoms with Gasteiger partial charge in [0.05, 0.1) is 22.2 Å². The maximum atomic E-state index is 12.3. The molecule has 1 unspecified atom stereocenters. The van der Waals surface area contributed by atoms with Gasteiger partial charge in [-0.2, -0.15) is 0 Å². The molecule has 3 rings (SSSR count). The maximum absolute atomic E-state index is 12.3. The van der Waals surface area contributed by atoms with Crippen LogP contribution in [0.4, 0.5) is 0 Å². The van der Waals surface area contributed by atoms with Gasteiger partial charge >= 0.3 is 0 Å². The van der Waals surface area contributed by atoms with Crippen LogP contribution >= 0.6 is 23.2 Å². The molecule has 2 fully saturated rings. The number of carbonyl (C=O) groups excluding carboxylic acids is 2. The van der Waals surface area contributed by atoms with Crippen molar-refractivity contribution in [1.82, 2.24) is 15.1 Å². The molecule has 160 valence electrons. The fourth-order valence-corrected chi connectivity index (χ4v) is 3.97. The highest BCUT2D eigenvalue weighted by Crippen LogP contribution is 2.29. The first-order valence-electron chi connectivity index (χ1n) is 10.2. The first-order chi connectivity index (χ1) is 13.8. The summed E-state index contributed by atoms with van der Waals surface area (Å²) in [5.74, 6) is 0.205. The minimum absolute atomic E-state index is 0.0178. The SMILES string of the molecule is CC(=O)N1CCN(CCC(O)[C@H](Cc2ccc(Cl)c(Cl)c2)NC(=O)C2CC2)CC1. The highest BCUT2D eigenvalue weighted by molar-refractivity contribution is 6.42. The molecule has 1 saturated carbocycles. The Morgan fingerprint density at radius 1 is 1.17 bits per heavy atom. The zero-order valence-corrected chi connectivity index (χ0v) is 18.3. The monoisotopic (exact) mass is 441 g/mol. The predicted octanol–water partition coefficient (Wildman–Crippen LogP) is 2.35. The minimum Gasteiger partial charge on any atom is -0.391 e. The van der Waals surface area contributed by atoms with Gasteiger partial charge in [-0.1, -0.05) is 29.3 Å². The number of aliphatic hydroxyl groups is 1. The lowest BCUT2D eigenvalue weighted by Gasteiger charge is -2.35. The smallest absolute Gasteiger partial charge is 0.223 e. The van der Waals surface area contributed by atoms with Gasteiger partial charge in [0.1, 0.15) is 0 Å². The highest BCUT2D eigenvalue weighted by atomic mass is 35.5. The number of hydrogen-bond acceptors (Lipinski definition) is 4. The number of aliphatic hydroxyl groups excluding tert-OH is 1. The quantitative estimate of drug-likeness (QED) is 0.649. The van der Waals surface area contributed by atoms with E-state index >= 15 is 0 Å². The van der Waals surface area contributed by atoms with E-state index in [1.54, 1.807) is 19.1 Å². The molecule has 1 aromatic carbocycles. The summed E-state index contributed by atoms with van der Waals surface area (Å²) >= 11 is 12.1. The van der Waals surface area contributed by atoms with Crippen molar-refractivity contribution in [1.29, 1.82) is 0 Å². The van der Waals surface area contributed by atoms with Gasteiger partial charge in [-0.05, 0) is 43.4 Å². The number of benzene rings is 1. The first kappa shape index (κ1) is 22.3. The van der Waals surface area contributed by atoms with Crippen LogP contribution < -0.4 is 5.32 Å². The molecule has 29 heavy (non-hydrogen) atoms. The number of nitrogens with zero attached hydrogens (tertiary/aromatic N) is 2. The van der Waals surface area contributed by atoms with Gasteiger partial charge in [-0.3, -0.25) is 14.5 Å². The molecule has 0 spiro atoms.